The Morgan fingerprint density at radius 1 is 0.868 bits per heavy atom. The Hall–Kier alpha value is -5.20. The number of carboxylic acid groups (broad SMARTS) is 2. The molecular formula is C39H40Cl2N4O8. The molecule has 2 atom stereocenters. The summed E-state index contributed by atoms with van der Waals surface area (Å²) in [5.41, 5.74) is 0.979. The highest BCUT2D eigenvalue weighted by atomic mass is 35.5. The average molecular weight is 764 g/mol. The van der Waals surface area contributed by atoms with Crippen molar-refractivity contribution in [2.75, 3.05) is 11.4 Å². The molecule has 1 heterocycles. The monoisotopic (exact) mass is 762 g/mol. The number of nitrogens with zero attached hydrogens (tertiary/aromatic N) is 2. The lowest BCUT2D eigenvalue weighted by Gasteiger charge is -2.32. The fraction of sp³-hybridized carbons (Fsp3) is 0.333. The molecule has 5 rings (SSSR count). The maximum atomic E-state index is 14.4. The van der Waals surface area contributed by atoms with Crippen LogP contribution in [-0.4, -0.2) is 63.3 Å². The van der Waals surface area contributed by atoms with Crippen LogP contribution >= 0.6 is 23.2 Å². The van der Waals surface area contributed by atoms with Gasteiger partial charge in [-0.1, -0.05) is 72.4 Å². The Kier molecular flexibility index (Phi) is 12.6. The van der Waals surface area contributed by atoms with Gasteiger partial charge in [0.25, 0.3) is 5.91 Å². The van der Waals surface area contributed by atoms with Crippen molar-refractivity contribution >= 4 is 70.5 Å². The van der Waals surface area contributed by atoms with Crippen molar-refractivity contribution in [1.82, 2.24) is 15.5 Å². The Labute approximate surface area is 316 Å². The lowest BCUT2D eigenvalue weighted by molar-refractivity contribution is -0.142. The number of carbonyl (C=O) groups excluding carboxylic acids is 4. The number of carboxylic acids is 2. The fourth-order valence-corrected chi connectivity index (χ4v) is 7.27. The molecule has 278 valence electrons. The maximum Gasteiger partial charge on any atom is 0.352 e. The number of hydrogen-bond acceptors (Lipinski definition) is 6. The molecule has 0 aromatic heterocycles. The first-order valence-electron chi connectivity index (χ1n) is 17.2. The smallest absolute Gasteiger partial charge is 0.352 e. The standard InChI is InChI=1S/C39H40Cl2N4O8/c1-24(46)42-21-20-39(18-2-3-19-39)38(53)43-31(37(51)52)22-25-6-14-30(15-7-25)44-35(27-8-12-29(41)13-9-27)45(33(47)16-17-34(48)49)32(36(44)50)23-26-4-10-28(40)11-5-26/h4-15,22,32,35H,2-3,16-21,23H2,1H3,(H,42,46)(H,43,53)(H,48,49)(H,51,52). The highest BCUT2D eigenvalue weighted by molar-refractivity contribution is 6.30. The van der Waals surface area contributed by atoms with E-state index >= 15 is 0 Å². The summed E-state index contributed by atoms with van der Waals surface area (Å²) in [6.45, 7) is 1.69. The van der Waals surface area contributed by atoms with Gasteiger partial charge in [-0.2, -0.15) is 0 Å². The number of benzene rings is 3. The molecule has 3 aromatic rings. The summed E-state index contributed by atoms with van der Waals surface area (Å²) in [7, 11) is 0. The molecule has 0 radical (unpaired) electrons. The van der Waals surface area contributed by atoms with E-state index in [2.05, 4.69) is 10.6 Å². The van der Waals surface area contributed by atoms with E-state index in [0.717, 1.165) is 18.4 Å². The van der Waals surface area contributed by atoms with Crippen molar-refractivity contribution in [3.63, 3.8) is 0 Å². The third-order valence-electron chi connectivity index (χ3n) is 9.70. The van der Waals surface area contributed by atoms with Gasteiger partial charge in [0.2, 0.25) is 17.7 Å². The second-order valence-corrected chi connectivity index (χ2v) is 14.2. The summed E-state index contributed by atoms with van der Waals surface area (Å²) < 4.78 is 0. The van der Waals surface area contributed by atoms with Crippen LogP contribution in [-0.2, 0) is 35.2 Å². The molecule has 1 saturated carbocycles. The Morgan fingerprint density at radius 2 is 1.47 bits per heavy atom. The molecule has 1 saturated heterocycles. The van der Waals surface area contributed by atoms with Crippen LogP contribution in [0.1, 0.15) is 74.7 Å². The molecule has 4 N–H and O–H groups in total. The number of hydrogen-bond donors (Lipinski definition) is 4. The Balaban J connectivity index is 1.48. The molecule has 1 aliphatic carbocycles. The maximum absolute atomic E-state index is 14.4. The largest absolute Gasteiger partial charge is 0.481 e. The van der Waals surface area contributed by atoms with E-state index in [9.17, 15) is 39.0 Å². The fourth-order valence-electron chi connectivity index (χ4n) is 7.01. The van der Waals surface area contributed by atoms with Crippen LogP contribution in [0.3, 0.4) is 0 Å². The van der Waals surface area contributed by atoms with Gasteiger partial charge >= 0.3 is 11.9 Å². The Morgan fingerprint density at radius 3 is 2.04 bits per heavy atom. The van der Waals surface area contributed by atoms with Gasteiger partial charge in [-0.15, -0.1) is 0 Å². The van der Waals surface area contributed by atoms with Gasteiger partial charge in [0.1, 0.15) is 17.9 Å². The molecule has 3 aromatic carbocycles. The lowest BCUT2D eigenvalue weighted by atomic mass is 9.81. The van der Waals surface area contributed by atoms with E-state index in [0.29, 0.717) is 52.7 Å². The van der Waals surface area contributed by atoms with Crippen LogP contribution in [0.15, 0.2) is 78.5 Å². The minimum Gasteiger partial charge on any atom is -0.481 e. The van der Waals surface area contributed by atoms with Crippen LogP contribution in [0.5, 0.6) is 0 Å². The van der Waals surface area contributed by atoms with Gasteiger partial charge in [-0.05, 0) is 78.4 Å². The molecule has 0 bridgehead atoms. The van der Waals surface area contributed by atoms with E-state index in [-0.39, 0.29) is 24.4 Å². The zero-order valence-electron chi connectivity index (χ0n) is 29.0. The molecule has 53 heavy (non-hydrogen) atoms. The number of amides is 4. The van der Waals surface area contributed by atoms with E-state index in [1.807, 2.05) is 0 Å². The van der Waals surface area contributed by atoms with Crippen LogP contribution < -0.4 is 15.5 Å². The molecule has 14 heteroatoms. The average Bonchev–Trinajstić information content (AvgIpc) is 3.71. The summed E-state index contributed by atoms with van der Waals surface area (Å²) >= 11 is 12.3. The molecule has 12 nitrogen and oxygen atoms in total. The van der Waals surface area contributed by atoms with E-state index in [1.54, 1.807) is 72.8 Å². The summed E-state index contributed by atoms with van der Waals surface area (Å²) in [6.07, 6.45) is 2.90. The van der Waals surface area contributed by atoms with E-state index < -0.39 is 53.7 Å². The third-order valence-corrected chi connectivity index (χ3v) is 10.2. The zero-order valence-corrected chi connectivity index (χ0v) is 30.5. The van der Waals surface area contributed by atoms with Crippen LogP contribution in [0.4, 0.5) is 5.69 Å². The van der Waals surface area contributed by atoms with Gasteiger partial charge in [-0.3, -0.25) is 28.9 Å². The van der Waals surface area contributed by atoms with Gasteiger partial charge in [0, 0.05) is 42.0 Å². The summed E-state index contributed by atoms with van der Waals surface area (Å²) in [6, 6.07) is 19.0. The summed E-state index contributed by atoms with van der Waals surface area (Å²) in [5, 5.41) is 25.7. The number of carbonyl (C=O) groups is 6. The van der Waals surface area contributed by atoms with Gasteiger partial charge < -0.3 is 25.7 Å². The van der Waals surface area contributed by atoms with Crippen molar-refractivity contribution in [2.45, 2.75) is 70.5 Å². The first kappa shape index (κ1) is 39.0. The molecule has 0 spiro atoms. The highest BCUT2D eigenvalue weighted by Gasteiger charge is 2.49. The minimum atomic E-state index is -1.34. The van der Waals surface area contributed by atoms with Crippen LogP contribution in [0, 0.1) is 5.41 Å². The van der Waals surface area contributed by atoms with Gasteiger partial charge in [0.15, 0.2) is 0 Å². The van der Waals surface area contributed by atoms with Crippen LogP contribution in [0.2, 0.25) is 10.0 Å². The van der Waals surface area contributed by atoms with Gasteiger partial charge in [0.05, 0.1) is 11.8 Å². The minimum absolute atomic E-state index is 0.129. The van der Waals surface area contributed by atoms with E-state index in [1.165, 1.54) is 22.8 Å². The predicted molar refractivity (Wildman–Crippen MR) is 199 cm³/mol. The SMILES string of the molecule is CC(=O)NCCC1(C(=O)NC(=Cc2ccc(N3C(=O)C(Cc4ccc(Cl)cc4)N(C(=O)CCC(=O)O)C3c3ccc(Cl)cc3)cc2)C(=O)O)CCCC1. The molecule has 4 amide bonds. The molecule has 1 aliphatic heterocycles. The highest BCUT2D eigenvalue weighted by Crippen LogP contribution is 2.42. The zero-order chi connectivity index (χ0) is 38.3. The van der Waals surface area contributed by atoms with Crippen molar-refractivity contribution in [3.8, 4) is 0 Å². The number of anilines is 1. The third kappa shape index (κ3) is 9.43. The molecule has 2 unspecified atom stereocenters. The van der Waals surface area contributed by atoms with Crippen molar-refractivity contribution in [3.05, 3.63) is 105 Å². The number of halogens is 2. The van der Waals surface area contributed by atoms with Crippen molar-refractivity contribution < 1.29 is 39.0 Å². The second-order valence-electron chi connectivity index (χ2n) is 13.3. The van der Waals surface area contributed by atoms with Crippen LogP contribution in [0.25, 0.3) is 6.08 Å². The molecular weight excluding hydrogens is 723 g/mol. The lowest BCUT2D eigenvalue weighted by Crippen LogP contribution is -2.42. The summed E-state index contributed by atoms with van der Waals surface area (Å²) in [4.78, 5) is 79.8. The number of aliphatic carboxylic acids is 2. The molecule has 2 fully saturated rings. The second kappa shape index (κ2) is 17.1. The quantitative estimate of drug-likeness (QED) is 0.145. The topological polar surface area (TPSA) is 173 Å². The number of nitrogens with one attached hydrogen (secondary N) is 2. The summed E-state index contributed by atoms with van der Waals surface area (Å²) in [5.74, 6) is -4.05. The Bertz CT molecular complexity index is 1890. The van der Waals surface area contributed by atoms with Gasteiger partial charge in [-0.25, -0.2) is 4.79 Å². The number of rotatable bonds is 14. The normalized spacial score (nSPS) is 18.2. The van der Waals surface area contributed by atoms with E-state index in [4.69, 9.17) is 23.2 Å². The van der Waals surface area contributed by atoms with Crippen molar-refractivity contribution in [2.24, 2.45) is 5.41 Å². The first-order valence-corrected chi connectivity index (χ1v) is 18.0. The predicted octanol–water partition coefficient (Wildman–Crippen LogP) is 5.97. The van der Waals surface area contributed by atoms with Crippen molar-refractivity contribution in [1.29, 1.82) is 0 Å². The molecule has 2 aliphatic rings. The first-order chi connectivity index (χ1) is 25.3.